The van der Waals surface area contributed by atoms with Gasteiger partial charge in [0.1, 0.15) is 0 Å². The van der Waals surface area contributed by atoms with Gasteiger partial charge in [0, 0.05) is 11.4 Å². The van der Waals surface area contributed by atoms with Crippen molar-refractivity contribution < 1.29 is 9.53 Å². The van der Waals surface area contributed by atoms with Crippen LogP contribution in [-0.4, -0.2) is 22.7 Å². The molecule has 6 heteroatoms. The van der Waals surface area contributed by atoms with Crippen LogP contribution in [0.1, 0.15) is 18.3 Å². The molecule has 1 amide bonds. The summed E-state index contributed by atoms with van der Waals surface area (Å²) in [6.45, 7) is 5.75. The second-order valence-electron chi connectivity index (χ2n) is 2.94. The maximum absolute atomic E-state index is 10.9. The Morgan fingerprint density at radius 2 is 2.00 bits per heavy atom. The molecule has 0 aliphatic carbocycles. The minimum absolute atomic E-state index is 0.321. The number of hydrazine groups is 1. The molecular formula is C9H14N4O2. The molecule has 0 aromatic carbocycles. The number of amides is 1. The third kappa shape index (κ3) is 3.80. The molecule has 0 bridgehead atoms. The van der Waals surface area contributed by atoms with Crippen LogP contribution >= 0.6 is 0 Å². The molecule has 82 valence electrons. The van der Waals surface area contributed by atoms with Crippen molar-refractivity contribution in [3.63, 3.8) is 0 Å². The van der Waals surface area contributed by atoms with Gasteiger partial charge in [0.15, 0.2) is 0 Å². The first-order valence-electron chi connectivity index (χ1n) is 4.63. The maximum Gasteiger partial charge on any atom is 0.426 e. The Morgan fingerprint density at radius 1 is 1.40 bits per heavy atom. The molecule has 0 spiro atoms. The van der Waals surface area contributed by atoms with Crippen LogP contribution in [0.4, 0.5) is 10.7 Å². The van der Waals surface area contributed by atoms with Gasteiger partial charge in [-0.2, -0.15) is 0 Å². The number of anilines is 1. The quantitative estimate of drug-likeness (QED) is 0.732. The van der Waals surface area contributed by atoms with Crippen LogP contribution < -0.4 is 10.9 Å². The molecule has 0 unspecified atom stereocenters. The zero-order valence-electron chi connectivity index (χ0n) is 9.00. The van der Waals surface area contributed by atoms with Crippen molar-refractivity contribution >= 4 is 12.0 Å². The number of hydrogen-bond donors (Lipinski definition) is 2. The van der Waals surface area contributed by atoms with Gasteiger partial charge in [-0.25, -0.2) is 20.2 Å². The van der Waals surface area contributed by atoms with Crippen molar-refractivity contribution in [2.45, 2.75) is 20.8 Å². The van der Waals surface area contributed by atoms with E-state index >= 15 is 0 Å². The maximum atomic E-state index is 10.9. The van der Waals surface area contributed by atoms with Gasteiger partial charge in [0.25, 0.3) is 0 Å². The minimum Gasteiger partial charge on any atom is -0.449 e. The molecule has 1 rings (SSSR count). The fourth-order valence-corrected chi connectivity index (χ4v) is 1.06. The predicted molar refractivity (Wildman–Crippen MR) is 55.3 cm³/mol. The molecule has 0 fully saturated rings. The largest absolute Gasteiger partial charge is 0.449 e. The molecule has 2 N–H and O–H groups in total. The Balaban J connectivity index is 2.54. The number of carbonyl (C=O) groups is 1. The summed E-state index contributed by atoms with van der Waals surface area (Å²) in [7, 11) is 0. The third-order valence-corrected chi connectivity index (χ3v) is 1.53. The fraction of sp³-hybridized carbons (Fsp3) is 0.444. The first-order chi connectivity index (χ1) is 7.11. The fourth-order valence-electron chi connectivity index (χ4n) is 1.06. The summed E-state index contributed by atoms with van der Waals surface area (Å²) >= 11 is 0. The lowest BCUT2D eigenvalue weighted by Crippen LogP contribution is -2.31. The highest BCUT2D eigenvalue weighted by Gasteiger charge is 2.02. The van der Waals surface area contributed by atoms with Gasteiger partial charge >= 0.3 is 6.09 Å². The van der Waals surface area contributed by atoms with E-state index in [4.69, 9.17) is 0 Å². The monoisotopic (exact) mass is 210 g/mol. The predicted octanol–water partition coefficient (Wildman–Crippen LogP) is 1.17. The van der Waals surface area contributed by atoms with E-state index < -0.39 is 6.09 Å². The summed E-state index contributed by atoms with van der Waals surface area (Å²) in [5, 5.41) is 0. The first-order valence-corrected chi connectivity index (χ1v) is 4.63. The highest BCUT2D eigenvalue weighted by molar-refractivity contribution is 5.68. The Kier molecular flexibility index (Phi) is 3.84. The molecule has 0 saturated carbocycles. The van der Waals surface area contributed by atoms with Gasteiger partial charge in [0.05, 0.1) is 6.61 Å². The van der Waals surface area contributed by atoms with Crippen molar-refractivity contribution in [3.05, 3.63) is 17.5 Å². The van der Waals surface area contributed by atoms with E-state index in [2.05, 4.69) is 25.6 Å². The van der Waals surface area contributed by atoms with Crippen molar-refractivity contribution in [2.75, 3.05) is 12.0 Å². The Hall–Kier alpha value is -1.85. The number of nitrogens with one attached hydrogen (secondary N) is 2. The Morgan fingerprint density at radius 3 is 2.53 bits per heavy atom. The second kappa shape index (κ2) is 5.14. The van der Waals surface area contributed by atoms with E-state index in [-0.39, 0.29) is 0 Å². The minimum atomic E-state index is -0.555. The van der Waals surface area contributed by atoms with E-state index in [0.717, 1.165) is 11.4 Å². The average Bonchev–Trinajstić information content (AvgIpc) is 2.14. The number of ether oxygens (including phenoxy) is 1. The van der Waals surface area contributed by atoms with Crippen LogP contribution in [-0.2, 0) is 4.74 Å². The van der Waals surface area contributed by atoms with Crippen molar-refractivity contribution in [3.8, 4) is 0 Å². The second-order valence-corrected chi connectivity index (χ2v) is 2.94. The Labute approximate surface area is 88.0 Å². The SMILES string of the molecule is CCOC(=O)NNc1nc(C)cc(C)n1. The number of nitrogens with zero attached hydrogens (tertiary/aromatic N) is 2. The molecule has 6 nitrogen and oxygen atoms in total. The van der Waals surface area contributed by atoms with E-state index in [0.29, 0.717) is 12.6 Å². The summed E-state index contributed by atoms with van der Waals surface area (Å²) in [6.07, 6.45) is -0.555. The number of hydrogen-bond acceptors (Lipinski definition) is 5. The molecule has 1 aromatic heterocycles. The van der Waals surface area contributed by atoms with E-state index in [1.54, 1.807) is 6.92 Å². The first kappa shape index (κ1) is 11.2. The standard InChI is InChI=1S/C9H14N4O2/c1-4-15-9(14)13-12-8-10-6(2)5-7(3)11-8/h5H,4H2,1-3H3,(H,13,14)(H,10,11,12). The lowest BCUT2D eigenvalue weighted by atomic mass is 10.4. The van der Waals surface area contributed by atoms with Crippen LogP contribution in [0.3, 0.4) is 0 Å². The van der Waals surface area contributed by atoms with Crippen molar-refractivity contribution in [2.24, 2.45) is 0 Å². The van der Waals surface area contributed by atoms with E-state index in [1.807, 2.05) is 19.9 Å². The Bertz CT molecular complexity index is 334. The molecule has 0 aliphatic heterocycles. The normalized spacial score (nSPS) is 9.53. The van der Waals surface area contributed by atoms with Crippen LogP contribution in [0.25, 0.3) is 0 Å². The third-order valence-electron chi connectivity index (χ3n) is 1.53. The number of rotatable bonds is 3. The zero-order valence-corrected chi connectivity index (χ0v) is 9.00. The summed E-state index contributed by atoms with van der Waals surface area (Å²) in [5.74, 6) is 0.348. The van der Waals surface area contributed by atoms with E-state index in [1.165, 1.54) is 0 Å². The van der Waals surface area contributed by atoms with Gasteiger partial charge in [0.2, 0.25) is 5.95 Å². The molecule has 0 atom stereocenters. The summed E-state index contributed by atoms with van der Waals surface area (Å²) in [6, 6.07) is 1.84. The van der Waals surface area contributed by atoms with Crippen LogP contribution in [0, 0.1) is 13.8 Å². The molecule has 1 heterocycles. The molecule has 0 radical (unpaired) electrons. The van der Waals surface area contributed by atoms with E-state index in [9.17, 15) is 4.79 Å². The number of carbonyl (C=O) groups excluding carboxylic acids is 1. The highest BCUT2D eigenvalue weighted by atomic mass is 16.5. The summed E-state index contributed by atoms with van der Waals surface area (Å²) in [5.41, 5.74) is 6.54. The van der Waals surface area contributed by atoms with Crippen LogP contribution in [0.5, 0.6) is 0 Å². The number of aromatic nitrogens is 2. The summed E-state index contributed by atoms with van der Waals surface area (Å²) < 4.78 is 4.66. The van der Waals surface area contributed by atoms with Gasteiger partial charge in [-0.3, -0.25) is 5.43 Å². The van der Waals surface area contributed by atoms with Gasteiger partial charge in [-0.15, -0.1) is 0 Å². The zero-order chi connectivity index (χ0) is 11.3. The highest BCUT2D eigenvalue weighted by Crippen LogP contribution is 2.01. The molecule has 1 aromatic rings. The molecule has 15 heavy (non-hydrogen) atoms. The number of aryl methyl sites for hydroxylation is 2. The molecule has 0 aliphatic rings. The summed E-state index contributed by atoms with van der Waals surface area (Å²) in [4.78, 5) is 19.1. The van der Waals surface area contributed by atoms with Crippen molar-refractivity contribution in [1.29, 1.82) is 0 Å². The van der Waals surface area contributed by atoms with Gasteiger partial charge in [-0.05, 0) is 26.8 Å². The smallest absolute Gasteiger partial charge is 0.426 e. The van der Waals surface area contributed by atoms with Crippen molar-refractivity contribution in [1.82, 2.24) is 15.4 Å². The lowest BCUT2D eigenvalue weighted by Gasteiger charge is -2.07. The lowest BCUT2D eigenvalue weighted by molar-refractivity contribution is 0.154. The topological polar surface area (TPSA) is 76.1 Å². The average molecular weight is 210 g/mol. The van der Waals surface area contributed by atoms with Crippen LogP contribution in [0.15, 0.2) is 6.07 Å². The van der Waals surface area contributed by atoms with Gasteiger partial charge < -0.3 is 4.74 Å². The molecular weight excluding hydrogens is 196 g/mol. The van der Waals surface area contributed by atoms with Gasteiger partial charge in [-0.1, -0.05) is 0 Å². The van der Waals surface area contributed by atoms with Crippen LogP contribution in [0.2, 0.25) is 0 Å². The molecule has 0 saturated heterocycles.